The lowest BCUT2D eigenvalue weighted by Gasteiger charge is -2.09. The van der Waals surface area contributed by atoms with E-state index >= 15 is 0 Å². The molecule has 1 aromatic carbocycles. The van der Waals surface area contributed by atoms with Crippen molar-refractivity contribution in [2.45, 2.75) is 6.18 Å². The van der Waals surface area contributed by atoms with Crippen LogP contribution in [0.3, 0.4) is 0 Å². The second-order valence-electron chi connectivity index (χ2n) is 3.72. The molecule has 2 rings (SSSR count). The molecule has 100 valence electrons. The minimum absolute atomic E-state index is 0.0415. The Kier molecular flexibility index (Phi) is 2.93. The van der Waals surface area contributed by atoms with Crippen LogP contribution in [0.1, 0.15) is 16.1 Å². The van der Waals surface area contributed by atoms with Crippen molar-refractivity contribution in [3.63, 3.8) is 0 Å². The van der Waals surface area contributed by atoms with E-state index in [1.807, 2.05) is 0 Å². The first kappa shape index (κ1) is 12.9. The van der Waals surface area contributed by atoms with E-state index in [2.05, 4.69) is 5.10 Å². The molecule has 0 saturated carbocycles. The summed E-state index contributed by atoms with van der Waals surface area (Å²) in [6.45, 7) is 0. The van der Waals surface area contributed by atoms with Crippen LogP contribution < -0.4 is 5.73 Å². The summed E-state index contributed by atoms with van der Waals surface area (Å²) in [5.74, 6) is -1.37. The van der Waals surface area contributed by atoms with Crippen molar-refractivity contribution in [1.82, 2.24) is 9.78 Å². The molecule has 0 fully saturated rings. The first-order valence-corrected chi connectivity index (χ1v) is 5.05. The summed E-state index contributed by atoms with van der Waals surface area (Å²) in [6.07, 6.45) is -4.49. The fraction of sp³-hybridized carbons (Fsp3) is 0.0909. The molecule has 1 heterocycles. The standard InChI is InChI=1S/C11H8F3N3O2/c12-11(13,14)6-2-1-3-7(4-6)17-9(15)5-8(16-17)10(18)19/h1-5H,15H2,(H,18,19). The van der Waals surface area contributed by atoms with Gasteiger partial charge in [-0.3, -0.25) is 0 Å². The Morgan fingerprint density at radius 2 is 2.00 bits per heavy atom. The van der Waals surface area contributed by atoms with Crippen LogP contribution >= 0.6 is 0 Å². The predicted molar refractivity (Wildman–Crippen MR) is 59.9 cm³/mol. The molecule has 0 amide bonds. The predicted octanol–water partition coefficient (Wildman–Crippen LogP) is 2.17. The van der Waals surface area contributed by atoms with Crippen LogP contribution in [0.25, 0.3) is 5.69 Å². The molecule has 0 aliphatic carbocycles. The first-order chi connectivity index (χ1) is 8.79. The fourth-order valence-electron chi connectivity index (χ4n) is 1.52. The number of anilines is 1. The molecule has 8 heteroatoms. The molecule has 19 heavy (non-hydrogen) atoms. The second-order valence-corrected chi connectivity index (χ2v) is 3.72. The number of nitrogens with zero attached hydrogens (tertiary/aromatic N) is 2. The highest BCUT2D eigenvalue weighted by atomic mass is 19.4. The normalized spacial score (nSPS) is 11.5. The zero-order chi connectivity index (χ0) is 14.2. The van der Waals surface area contributed by atoms with Crippen LogP contribution in [-0.4, -0.2) is 20.9 Å². The molecule has 5 nitrogen and oxygen atoms in total. The van der Waals surface area contributed by atoms with E-state index in [-0.39, 0.29) is 17.2 Å². The first-order valence-electron chi connectivity index (χ1n) is 5.05. The van der Waals surface area contributed by atoms with Crippen LogP contribution in [0.2, 0.25) is 0 Å². The zero-order valence-electron chi connectivity index (χ0n) is 9.35. The number of nitrogens with two attached hydrogens (primary N) is 1. The van der Waals surface area contributed by atoms with Gasteiger partial charge < -0.3 is 10.8 Å². The summed E-state index contributed by atoms with van der Waals surface area (Å²) >= 11 is 0. The number of alkyl halides is 3. The van der Waals surface area contributed by atoms with E-state index in [0.29, 0.717) is 0 Å². The number of carboxylic acid groups (broad SMARTS) is 1. The van der Waals surface area contributed by atoms with E-state index in [9.17, 15) is 18.0 Å². The molecule has 0 spiro atoms. The topological polar surface area (TPSA) is 81.1 Å². The Bertz CT molecular complexity index is 634. The van der Waals surface area contributed by atoms with Crippen LogP contribution in [0.15, 0.2) is 30.3 Å². The van der Waals surface area contributed by atoms with Gasteiger partial charge in [0.15, 0.2) is 5.69 Å². The molecule has 0 bridgehead atoms. The summed E-state index contributed by atoms with van der Waals surface area (Å²) in [7, 11) is 0. The zero-order valence-corrected chi connectivity index (χ0v) is 9.35. The molecular formula is C11H8F3N3O2. The molecule has 1 aromatic heterocycles. The Morgan fingerprint density at radius 1 is 1.32 bits per heavy atom. The monoisotopic (exact) mass is 271 g/mol. The number of hydrogen-bond donors (Lipinski definition) is 2. The lowest BCUT2D eigenvalue weighted by molar-refractivity contribution is -0.137. The van der Waals surface area contributed by atoms with Crippen molar-refractivity contribution in [2.75, 3.05) is 5.73 Å². The van der Waals surface area contributed by atoms with E-state index in [0.717, 1.165) is 22.9 Å². The van der Waals surface area contributed by atoms with Gasteiger partial charge in [-0.25, -0.2) is 9.48 Å². The number of aromatic nitrogens is 2. The van der Waals surface area contributed by atoms with Gasteiger partial charge in [-0.15, -0.1) is 0 Å². The highest BCUT2D eigenvalue weighted by Crippen LogP contribution is 2.30. The van der Waals surface area contributed by atoms with Gasteiger partial charge in [-0.1, -0.05) is 6.07 Å². The summed E-state index contributed by atoms with van der Waals surface area (Å²) in [4.78, 5) is 10.7. The molecule has 0 aliphatic rings. The summed E-state index contributed by atoms with van der Waals surface area (Å²) < 4.78 is 38.6. The SMILES string of the molecule is Nc1cc(C(=O)O)nn1-c1cccc(C(F)(F)F)c1. The minimum atomic E-state index is -4.49. The van der Waals surface area contributed by atoms with Crippen molar-refractivity contribution >= 4 is 11.8 Å². The molecule has 0 atom stereocenters. The van der Waals surface area contributed by atoms with Gasteiger partial charge in [0.1, 0.15) is 5.82 Å². The summed E-state index contributed by atoms with van der Waals surface area (Å²) in [6, 6.07) is 5.36. The smallest absolute Gasteiger partial charge is 0.416 e. The molecule has 2 aromatic rings. The average molecular weight is 271 g/mol. The van der Waals surface area contributed by atoms with Gasteiger partial charge in [-0.2, -0.15) is 18.3 Å². The van der Waals surface area contributed by atoms with E-state index < -0.39 is 17.7 Å². The molecular weight excluding hydrogens is 263 g/mol. The molecule has 0 saturated heterocycles. The van der Waals surface area contributed by atoms with Crippen LogP contribution in [0.5, 0.6) is 0 Å². The average Bonchev–Trinajstić information content (AvgIpc) is 2.71. The highest BCUT2D eigenvalue weighted by molar-refractivity contribution is 5.86. The second kappa shape index (κ2) is 4.30. The number of carboxylic acids is 1. The maximum Gasteiger partial charge on any atom is 0.416 e. The van der Waals surface area contributed by atoms with Crippen LogP contribution in [-0.2, 0) is 6.18 Å². The largest absolute Gasteiger partial charge is 0.476 e. The Morgan fingerprint density at radius 3 is 2.53 bits per heavy atom. The summed E-state index contributed by atoms with van der Waals surface area (Å²) in [5.41, 5.74) is 4.37. The Labute approximate surface area is 105 Å². The molecule has 0 aliphatic heterocycles. The van der Waals surface area contributed by atoms with Gasteiger partial charge in [0.2, 0.25) is 0 Å². The minimum Gasteiger partial charge on any atom is -0.476 e. The third-order valence-corrected chi connectivity index (χ3v) is 2.37. The fourth-order valence-corrected chi connectivity index (χ4v) is 1.52. The maximum atomic E-state index is 12.6. The van der Waals surface area contributed by atoms with E-state index in [4.69, 9.17) is 10.8 Å². The lowest BCUT2D eigenvalue weighted by atomic mass is 10.2. The third-order valence-electron chi connectivity index (χ3n) is 2.37. The molecule has 0 unspecified atom stereocenters. The van der Waals surface area contributed by atoms with Gasteiger partial charge in [0.05, 0.1) is 11.3 Å². The number of nitrogen functional groups attached to an aromatic ring is 1. The van der Waals surface area contributed by atoms with Crippen molar-refractivity contribution in [3.8, 4) is 5.69 Å². The van der Waals surface area contributed by atoms with Crippen molar-refractivity contribution < 1.29 is 23.1 Å². The van der Waals surface area contributed by atoms with Gasteiger partial charge in [-0.05, 0) is 18.2 Å². The number of hydrogen-bond acceptors (Lipinski definition) is 3. The number of rotatable bonds is 2. The quantitative estimate of drug-likeness (QED) is 0.877. The van der Waals surface area contributed by atoms with E-state index in [1.54, 1.807) is 0 Å². The summed E-state index contributed by atoms with van der Waals surface area (Å²) in [5, 5.41) is 12.4. The van der Waals surface area contributed by atoms with E-state index in [1.165, 1.54) is 12.1 Å². The van der Waals surface area contributed by atoms with Crippen LogP contribution in [0.4, 0.5) is 19.0 Å². The van der Waals surface area contributed by atoms with Crippen molar-refractivity contribution in [2.24, 2.45) is 0 Å². The van der Waals surface area contributed by atoms with Crippen LogP contribution in [0, 0.1) is 0 Å². The lowest BCUT2D eigenvalue weighted by Crippen LogP contribution is -2.08. The Balaban J connectivity index is 2.50. The Hall–Kier alpha value is -2.51. The number of carbonyl (C=O) groups is 1. The number of benzene rings is 1. The van der Waals surface area contributed by atoms with Gasteiger partial charge >= 0.3 is 12.1 Å². The van der Waals surface area contributed by atoms with Crippen molar-refractivity contribution in [1.29, 1.82) is 0 Å². The van der Waals surface area contributed by atoms with Gasteiger partial charge in [0.25, 0.3) is 0 Å². The number of aromatic carboxylic acids is 1. The third kappa shape index (κ3) is 2.51. The molecule has 0 radical (unpaired) electrons. The van der Waals surface area contributed by atoms with Crippen molar-refractivity contribution in [3.05, 3.63) is 41.6 Å². The number of halogens is 3. The molecule has 3 N–H and O–H groups in total. The van der Waals surface area contributed by atoms with Gasteiger partial charge in [0, 0.05) is 6.07 Å². The highest BCUT2D eigenvalue weighted by Gasteiger charge is 2.30. The maximum absolute atomic E-state index is 12.6.